The predicted octanol–water partition coefficient (Wildman–Crippen LogP) is 4.79. The zero-order valence-corrected chi connectivity index (χ0v) is 18.2. The van der Waals surface area contributed by atoms with Gasteiger partial charge in [0.05, 0.1) is 12.6 Å². The second-order valence-electron chi connectivity index (χ2n) is 7.76. The average molecular weight is 435 g/mol. The Morgan fingerprint density at radius 1 is 0.806 bits per heavy atom. The van der Waals surface area contributed by atoms with Crippen LogP contribution in [0.1, 0.15) is 22.7 Å². The van der Waals surface area contributed by atoms with Crippen molar-refractivity contribution in [2.24, 2.45) is 0 Å². The van der Waals surface area contributed by atoms with E-state index in [0.717, 1.165) is 23.7 Å². The van der Waals surface area contributed by atoms with Crippen molar-refractivity contribution in [2.75, 3.05) is 32.8 Å². The molecule has 0 aromatic heterocycles. The first-order valence-corrected chi connectivity index (χ1v) is 11.0. The van der Waals surface area contributed by atoms with Crippen molar-refractivity contribution >= 4 is 17.5 Å². The first kappa shape index (κ1) is 21.6. The number of ether oxygens (including phenoxy) is 1. The maximum absolute atomic E-state index is 12.6. The zero-order chi connectivity index (χ0) is 21.5. The molecule has 1 amide bonds. The van der Waals surface area contributed by atoms with Crippen LogP contribution in [0.2, 0.25) is 5.02 Å². The van der Waals surface area contributed by atoms with Crippen LogP contribution >= 0.6 is 11.6 Å². The minimum atomic E-state index is 0.0540. The highest BCUT2D eigenvalue weighted by atomic mass is 35.5. The lowest BCUT2D eigenvalue weighted by molar-refractivity contribution is -0.138. The van der Waals surface area contributed by atoms with E-state index in [1.54, 1.807) is 0 Å². The predicted molar refractivity (Wildman–Crippen MR) is 124 cm³/mol. The fraction of sp³-hybridized carbons (Fsp3) is 0.269. The van der Waals surface area contributed by atoms with Crippen LogP contribution < -0.4 is 0 Å². The largest absolute Gasteiger partial charge is 0.367 e. The van der Waals surface area contributed by atoms with Crippen molar-refractivity contribution in [1.82, 2.24) is 9.80 Å². The lowest BCUT2D eigenvalue weighted by Crippen LogP contribution is -2.50. The minimum absolute atomic E-state index is 0.0540. The van der Waals surface area contributed by atoms with Gasteiger partial charge in [0, 0.05) is 31.2 Å². The van der Waals surface area contributed by atoms with Crippen molar-refractivity contribution < 1.29 is 9.53 Å². The van der Waals surface area contributed by atoms with E-state index in [0.29, 0.717) is 19.7 Å². The Labute approximate surface area is 189 Å². The van der Waals surface area contributed by atoms with Gasteiger partial charge in [-0.15, -0.1) is 0 Å². The first-order chi connectivity index (χ1) is 15.2. The molecule has 4 nitrogen and oxygen atoms in total. The van der Waals surface area contributed by atoms with Gasteiger partial charge in [0.2, 0.25) is 5.91 Å². The number of nitrogens with zero attached hydrogens (tertiary/aromatic N) is 2. The SMILES string of the molecule is O=C(COCc1ccccc1)N1CCN([C@@H](c2ccccc2)c2ccc(Cl)cc2)CC1. The van der Waals surface area contributed by atoms with E-state index in [-0.39, 0.29) is 18.6 Å². The van der Waals surface area contributed by atoms with Crippen LogP contribution in [0.15, 0.2) is 84.9 Å². The topological polar surface area (TPSA) is 32.8 Å². The monoisotopic (exact) mass is 434 g/mol. The average Bonchev–Trinajstić information content (AvgIpc) is 2.82. The molecule has 3 aromatic carbocycles. The van der Waals surface area contributed by atoms with Gasteiger partial charge in [-0.25, -0.2) is 0 Å². The van der Waals surface area contributed by atoms with Gasteiger partial charge < -0.3 is 9.64 Å². The second-order valence-corrected chi connectivity index (χ2v) is 8.20. The molecule has 0 radical (unpaired) electrons. The van der Waals surface area contributed by atoms with Crippen LogP contribution in [0.3, 0.4) is 0 Å². The van der Waals surface area contributed by atoms with E-state index < -0.39 is 0 Å². The molecule has 5 heteroatoms. The molecule has 1 aliphatic rings. The Kier molecular flexibility index (Phi) is 7.36. The Hall–Kier alpha value is -2.66. The molecule has 31 heavy (non-hydrogen) atoms. The molecule has 160 valence electrons. The summed E-state index contributed by atoms with van der Waals surface area (Å²) in [6, 6.07) is 28.6. The highest BCUT2D eigenvalue weighted by Gasteiger charge is 2.28. The quantitative estimate of drug-likeness (QED) is 0.536. The van der Waals surface area contributed by atoms with E-state index in [2.05, 4.69) is 41.3 Å². The third kappa shape index (κ3) is 5.73. The molecule has 0 unspecified atom stereocenters. The molecule has 0 N–H and O–H groups in total. The molecular formula is C26H27ClN2O2. The molecule has 1 saturated heterocycles. The molecule has 3 aromatic rings. The maximum atomic E-state index is 12.6. The van der Waals surface area contributed by atoms with Gasteiger partial charge in [0.25, 0.3) is 0 Å². The smallest absolute Gasteiger partial charge is 0.248 e. The van der Waals surface area contributed by atoms with Gasteiger partial charge in [-0.3, -0.25) is 9.69 Å². The van der Waals surface area contributed by atoms with Gasteiger partial charge >= 0.3 is 0 Å². The summed E-state index contributed by atoms with van der Waals surface area (Å²) in [6.45, 7) is 3.60. The van der Waals surface area contributed by atoms with E-state index in [1.807, 2.05) is 53.4 Å². The third-order valence-corrected chi connectivity index (χ3v) is 5.92. The summed E-state index contributed by atoms with van der Waals surface area (Å²) in [5, 5.41) is 0.737. The van der Waals surface area contributed by atoms with E-state index in [1.165, 1.54) is 11.1 Å². The highest BCUT2D eigenvalue weighted by Crippen LogP contribution is 2.30. The van der Waals surface area contributed by atoms with Crippen LogP contribution in [-0.4, -0.2) is 48.5 Å². The van der Waals surface area contributed by atoms with Crippen LogP contribution in [-0.2, 0) is 16.1 Å². The highest BCUT2D eigenvalue weighted by molar-refractivity contribution is 6.30. The van der Waals surface area contributed by atoms with Gasteiger partial charge in [0.15, 0.2) is 0 Å². The molecule has 1 aliphatic heterocycles. The Balaban J connectivity index is 1.36. The van der Waals surface area contributed by atoms with Gasteiger partial charge in [0.1, 0.15) is 6.61 Å². The van der Waals surface area contributed by atoms with E-state index >= 15 is 0 Å². The van der Waals surface area contributed by atoms with Crippen molar-refractivity contribution in [3.8, 4) is 0 Å². The molecule has 1 fully saturated rings. The number of piperazine rings is 1. The van der Waals surface area contributed by atoms with Crippen molar-refractivity contribution in [3.63, 3.8) is 0 Å². The molecule has 0 aliphatic carbocycles. The number of hydrogen-bond acceptors (Lipinski definition) is 3. The Morgan fingerprint density at radius 2 is 1.39 bits per heavy atom. The zero-order valence-electron chi connectivity index (χ0n) is 17.5. The summed E-state index contributed by atoms with van der Waals surface area (Å²) in [4.78, 5) is 17.0. The summed E-state index contributed by atoms with van der Waals surface area (Å²) >= 11 is 6.11. The number of halogens is 1. The molecule has 0 saturated carbocycles. The van der Waals surface area contributed by atoms with Gasteiger partial charge in [-0.2, -0.15) is 0 Å². The fourth-order valence-corrected chi connectivity index (χ4v) is 4.17. The number of benzene rings is 3. The van der Waals surface area contributed by atoms with Crippen LogP contribution in [0.4, 0.5) is 0 Å². The number of carbonyl (C=O) groups is 1. The fourth-order valence-electron chi connectivity index (χ4n) is 4.05. The molecule has 1 atom stereocenters. The minimum Gasteiger partial charge on any atom is -0.367 e. The first-order valence-electron chi connectivity index (χ1n) is 10.6. The number of hydrogen-bond donors (Lipinski definition) is 0. The van der Waals surface area contributed by atoms with Crippen molar-refractivity contribution in [1.29, 1.82) is 0 Å². The Bertz CT molecular complexity index is 956. The van der Waals surface area contributed by atoms with Crippen molar-refractivity contribution in [2.45, 2.75) is 12.6 Å². The summed E-state index contributed by atoms with van der Waals surface area (Å²) in [7, 11) is 0. The van der Waals surface area contributed by atoms with E-state index in [9.17, 15) is 4.79 Å². The summed E-state index contributed by atoms with van der Waals surface area (Å²) in [5.41, 5.74) is 3.53. The van der Waals surface area contributed by atoms with Crippen LogP contribution in [0.5, 0.6) is 0 Å². The molecule has 0 spiro atoms. The van der Waals surface area contributed by atoms with Crippen LogP contribution in [0.25, 0.3) is 0 Å². The normalized spacial score (nSPS) is 15.6. The summed E-state index contributed by atoms with van der Waals surface area (Å²) in [6.07, 6.45) is 0. The lowest BCUT2D eigenvalue weighted by atomic mass is 9.96. The van der Waals surface area contributed by atoms with Gasteiger partial charge in [-0.1, -0.05) is 84.4 Å². The number of carbonyl (C=O) groups excluding carboxylic acids is 1. The van der Waals surface area contributed by atoms with Crippen molar-refractivity contribution in [3.05, 3.63) is 107 Å². The van der Waals surface area contributed by atoms with E-state index in [4.69, 9.17) is 16.3 Å². The second kappa shape index (κ2) is 10.6. The molecule has 1 heterocycles. The summed E-state index contributed by atoms with van der Waals surface area (Å²) < 4.78 is 5.64. The van der Waals surface area contributed by atoms with Crippen LogP contribution in [0, 0.1) is 0 Å². The van der Waals surface area contributed by atoms with Gasteiger partial charge in [-0.05, 0) is 28.8 Å². The lowest BCUT2D eigenvalue weighted by Gasteiger charge is -2.39. The number of amides is 1. The number of rotatable bonds is 7. The molecule has 4 rings (SSSR count). The summed E-state index contributed by atoms with van der Waals surface area (Å²) in [5.74, 6) is 0.0540. The maximum Gasteiger partial charge on any atom is 0.248 e. The molecule has 0 bridgehead atoms. The Morgan fingerprint density at radius 3 is 2.03 bits per heavy atom. The standard InChI is InChI=1S/C26H27ClN2O2/c27-24-13-11-23(12-14-24)26(22-9-5-2-6-10-22)29-17-15-28(16-18-29)25(30)20-31-19-21-7-3-1-4-8-21/h1-14,26H,15-20H2/t26-/m0/s1. The molecular weight excluding hydrogens is 408 g/mol. The third-order valence-electron chi connectivity index (χ3n) is 5.67.